The van der Waals surface area contributed by atoms with Gasteiger partial charge in [-0.3, -0.25) is 0 Å². The molecule has 0 bridgehead atoms. The van der Waals surface area contributed by atoms with Gasteiger partial charge in [0.05, 0.1) is 0 Å². The van der Waals surface area contributed by atoms with Gasteiger partial charge in [0.15, 0.2) is 0 Å². The number of hydrogen-bond donors (Lipinski definition) is 2. The molecule has 0 spiro atoms. The third-order valence-corrected chi connectivity index (χ3v) is 2.49. The second-order valence-corrected chi connectivity index (χ2v) is 3.64. The Bertz CT molecular complexity index is 157. The van der Waals surface area contributed by atoms with E-state index >= 15 is 0 Å². The minimum absolute atomic E-state index is 0.387. The van der Waals surface area contributed by atoms with Crippen LogP contribution in [0.3, 0.4) is 0 Å². The van der Waals surface area contributed by atoms with Crippen LogP contribution in [0.4, 0.5) is 0 Å². The van der Waals surface area contributed by atoms with Crippen LogP contribution in [-0.4, -0.2) is 12.6 Å². The summed E-state index contributed by atoms with van der Waals surface area (Å²) in [4.78, 5) is 0. The number of nitrogens with one attached hydrogen (secondary N) is 2. The molecule has 0 amide bonds. The van der Waals surface area contributed by atoms with Gasteiger partial charge < -0.3 is 10.6 Å². The van der Waals surface area contributed by atoms with E-state index in [4.69, 9.17) is 0 Å². The Morgan fingerprint density at radius 2 is 2.09 bits per heavy atom. The quantitative estimate of drug-likeness (QED) is 0.645. The zero-order valence-corrected chi connectivity index (χ0v) is 7.70. The molecule has 1 rings (SSSR count). The molecule has 1 saturated carbocycles. The van der Waals surface area contributed by atoms with Gasteiger partial charge in [0, 0.05) is 24.5 Å². The maximum absolute atomic E-state index is 3.42. The van der Waals surface area contributed by atoms with Crippen LogP contribution in [0.5, 0.6) is 0 Å². The fourth-order valence-electron chi connectivity index (χ4n) is 1.21. The number of rotatable bonds is 3. The molecular formula is C9H18N2. The zero-order valence-electron chi connectivity index (χ0n) is 7.70. The predicted molar refractivity (Wildman–Crippen MR) is 48.2 cm³/mol. The first-order chi connectivity index (χ1) is 5.16. The molecule has 64 valence electrons. The Morgan fingerprint density at radius 1 is 1.45 bits per heavy atom. The molecule has 2 N–H and O–H groups in total. The smallest absolute Gasteiger partial charge is 0.0340 e. The largest absolute Gasteiger partial charge is 0.390 e. The van der Waals surface area contributed by atoms with Crippen molar-refractivity contribution in [3.8, 4) is 0 Å². The molecule has 0 aromatic rings. The minimum atomic E-state index is 0.387. The van der Waals surface area contributed by atoms with E-state index in [1.165, 1.54) is 25.0 Å². The Balaban J connectivity index is 2.30. The molecular weight excluding hydrogens is 136 g/mol. The average Bonchev–Trinajstić information content (AvgIpc) is 1.96. The van der Waals surface area contributed by atoms with Gasteiger partial charge in [-0.25, -0.2) is 0 Å². The second-order valence-electron chi connectivity index (χ2n) is 3.64. The standard InChI is InChI=1S/C9H18N2/c1-8(10-3)7-11-9(2)5-4-6-9/h7,10-11H,4-6H2,1-3H3/b8-7-. The maximum atomic E-state index is 3.42. The Morgan fingerprint density at radius 3 is 2.45 bits per heavy atom. The lowest BCUT2D eigenvalue weighted by molar-refractivity contribution is 0.234. The van der Waals surface area contributed by atoms with E-state index in [-0.39, 0.29) is 0 Å². The van der Waals surface area contributed by atoms with Crippen LogP contribution in [0.15, 0.2) is 11.9 Å². The highest BCUT2D eigenvalue weighted by molar-refractivity contribution is 5.00. The maximum Gasteiger partial charge on any atom is 0.0340 e. The van der Waals surface area contributed by atoms with E-state index < -0.39 is 0 Å². The molecule has 0 saturated heterocycles. The Hall–Kier alpha value is -0.660. The molecule has 0 unspecified atom stereocenters. The zero-order chi connectivity index (χ0) is 8.32. The van der Waals surface area contributed by atoms with Crippen LogP contribution in [0.2, 0.25) is 0 Å². The molecule has 0 radical (unpaired) electrons. The van der Waals surface area contributed by atoms with Gasteiger partial charge in [0.1, 0.15) is 0 Å². The lowest BCUT2D eigenvalue weighted by atomic mass is 9.79. The van der Waals surface area contributed by atoms with Gasteiger partial charge >= 0.3 is 0 Å². The average molecular weight is 154 g/mol. The summed E-state index contributed by atoms with van der Waals surface area (Å²) in [6, 6.07) is 0. The van der Waals surface area contributed by atoms with Gasteiger partial charge in [0.2, 0.25) is 0 Å². The molecule has 0 atom stereocenters. The van der Waals surface area contributed by atoms with Crippen LogP contribution >= 0.6 is 0 Å². The van der Waals surface area contributed by atoms with Gasteiger partial charge in [-0.1, -0.05) is 0 Å². The summed E-state index contributed by atoms with van der Waals surface area (Å²) in [6.07, 6.45) is 6.05. The normalized spacial score (nSPS) is 22.3. The summed E-state index contributed by atoms with van der Waals surface area (Å²) in [5.41, 5.74) is 1.58. The van der Waals surface area contributed by atoms with Crippen molar-refractivity contribution < 1.29 is 0 Å². The summed E-state index contributed by atoms with van der Waals surface area (Å²) in [7, 11) is 1.94. The highest BCUT2D eigenvalue weighted by atomic mass is 15.0. The van der Waals surface area contributed by atoms with E-state index in [2.05, 4.69) is 30.7 Å². The van der Waals surface area contributed by atoms with Crippen molar-refractivity contribution in [2.24, 2.45) is 0 Å². The van der Waals surface area contributed by atoms with Crippen molar-refractivity contribution in [3.63, 3.8) is 0 Å². The van der Waals surface area contributed by atoms with Crippen molar-refractivity contribution in [3.05, 3.63) is 11.9 Å². The molecule has 1 aliphatic rings. The van der Waals surface area contributed by atoms with Gasteiger partial charge in [-0.15, -0.1) is 0 Å². The van der Waals surface area contributed by atoms with Crippen molar-refractivity contribution in [2.75, 3.05) is 7.05 Å². The van der Waals surface area contributed by atoms with E-state index in [0.717, 1.165) is 0 Å². The SMILES string of the molecule is CN/C(C)=C\NC1(C)CCC1. The summed E-state index contributed by atoms with van der Waals surface area (Å²) in [5.74, 6) is 0. The number of allylic oxidation sites excluding steroid dienone is 1. The first-order valence-corrected chi connectivity index (χ1v) is 4.28. The van der Waals surface area contributed by atoms with Gasteiger partial charge in [-0.05, 0) is 33.1 Å². The molecule has 1 aliphatic carbocycles. The van der Waals surface area contributed by atoms with Crippen molar-refractivity contribution >= 4 is 0 Å². The van der Waals surface area contributed by atoms with Crippen LogP contribution in [0.1, 0.15) is 33.1 Å². The molecule has 2 nitrogen and oxygen atoms in total. The predicted octanol–water partition coefficient (Wildman–Crippen LogP) is 1.60. The fraction of sp³-hybridized carbons (Fsp3) is 0.778. The van der Waals surface area contributed by atoms with Crippen LogP contribution in [0.25, 0.3) is 0 Å². The van der Waals surface area contributed by atoms with Crippen LogP contribution in [0, 0.1) is 0 Å². The summed E-state index contributed by atoms with van der Waals surface area (Å²) in [6.45, 7) is 4.34. The van der Waals surface area contributed by atoms with Gasteiger partial charge in [-0.2, -0.15) is 0 Å². The highest BCUT2D eigenvalue weighted by Gasteiger charge is 2.29. The van der Waals surface area contributed by atoms with E-state index in [1.807, 2.05) is 7.05 Å². The summed E-state index contributed by atoms with van der Waals surface area (Å²) in [5, 5.41) is 6.51. The van der Waals surface area contributed by atoms with Gasteiger partial charge in [0.25, 0.3) is 0 Å². The van der Waals surface area contributed by atoms with E-state index in [9.17, 15) is 0 Å². The molecule has 11 heavy (non-hydrogen) atoms. The first-order valence-electron chi connectivity index (χ1n) is 4.28. The summed E-state index contributed by atoms with van der Waals surface area (Å²) >= 11 is 0. The minimum Gasteiger partial charge on any atom is -0.390 e. The van der Waals surface area contributed by atoms with Crippen LogP contribution < -0.4 is 10.6 Å². The lowest BCUT2D eigenvalue weighted by Gasteiger charge is -2.39. The number of hydrogen-bond acceptors (Lipinski definition) is 2. The Labute approximate surface area is 69.1 Å². The molecule has 0 aromatic carbocycles. The van der Waals surface area contributed by atoms with Crippen molar-refractivity contribution in [2.45, 2.75) is 38.6 Å². The van der Waals surface area contributed by atoms with Crippen molar-refractivity contribution in [1.29, 1.82) is 0 Å². The second kappa shape index (κ2) is 3.16. The molecule has 0 aliphatic heterocycles. The molecule has 1 fully saturated rings. The van der Waals surface area contributed by atoms with E-state index in [0.29, 0.717) is 5.54 Å². The fourth-order valence-corrected chi connectivity index (χ4v) is 1.21. The highest BCUT2D eigenvalue weighted by Crippen LogP contribution is 2.30. The third-order valence-electron chi connectivity index (χ3n) is 2.49. The first kappa shape index (κ1) is 8.44. The topological polar surface area (TPSA) is 24.1 Å². The van der Waals surface area contributed by atoms with Crippen LogP contribution in [-0.2, 0) is 0 Å². The van der Waals surface area contributed by atoms with Crippen molar-refractivity contribution in [1.82, 2.24) is 10.6 Å². The molecule has 0 aromatic heterocycles. The monoisotopic (exact) mass is 154 g/mol. The molecule has 2 heteroatoms. The Kier molecular flexibility index (Phi) is 2.42. The van der Waals surface area contributed by atoms with E-state index in [1.54, 1.807) is 0 Å². The third kappa shape index (κ3) is 2.14. The molecule has 0 heterocycles. The lowest BCUT2D eigenvalue weighted by Crippen LogP contribution is -2.45. The summed E-state index contributed by atoms with van der Waals surface area (Å²) < 4.78 is 0.